The minimum absolute atomic E-state index is 0.385. The van der Waals surface area contributed by atoms with Crippen LogP contribution >= 0.6 is 11.8 Å². The Hall–Kier alpha value is -3.04. The quantitative estimate of drug-likeness (QED) is 0.172. The van der Waals surface area contributed by atoms with Gasteiger partial charge in [-0.3, -0.25) is 15.3 Å². The number of hydrogen-bond donors (Lipinski definition) is 4. The lowest BCUT2D eigenvalue weighted by atomic mass is 9.78. The van der Waals surface area contributed by atoms with E-state index in [2.05, 4.69) is 5.32 Å². The number of phenols is 1. The molecule has 7 nitrogen and oxygen atoms in total. The Morgan fingerprint density at radius 2 is 1.91 bits per heavy atom. The second kappa shape index (κ2) is 11.5. The number of carbonyl (C=O) groups is 2. The van der Waals surface area contributed by atoms with Crippen molar-refractivity contribution >= 4 is 29.4 Å². The number of thioether (sulfide) groups is 1. The van der Waals surface area contributed by atoms with Crippen molar-refractivity contribution in [3.8, 4) is 5.75 Å². The van der Waals surface area contributed by atoms with Gasteiger partial charge < -0.3 is 9.84 Å². The molecule has 1 atom stereocenters. The summed E-state index contributed by atoms with van der Waals surface area (Å²) in [6.45, 7) is 3.70. The van der Waals surface area contributed by atoms with Crippen LogP contribution < -0.4 is 10.8 Å². The summed E-state index contributed by atoms with van der Waals surface area (Å²) >= 11 is 1.58. The molecule has 2 aromatic rings. The molecular weight excluding hydrogens is 435 g/mol. The molecule has 0 heterocycles. The zero-order valence-corrected chi connectivity index (χ0v) is 18.9. The van der Waals surface area contributed by atoms with Crippen molar-refractivity contribution in [2.45, 2.75) is 37.7 Å². The fourth-order valence-electron chi connectivity index (χ4n) is 3.11. The molecule has 0 radical (unpaired) electrons. The summed E-state index contributed by atoms with van der Waals surface area (Å²) in [4.78, 5) is 24.8. The maximum absolute atomic E-state index is 14.0. The molecule has 0 saturated carbocycles. The highest BCUT2D eigenvalue weighted by molar-refractivity contribution is 7.98. The monoisotopic (exact) mass is 462 g/mol. The molecule has 0 aliphatic carbocycles. The molecular formula is C23H27FN2O5S. The Morgan fingerprint density at radius 1 is 1.22 bits per heavy atom. The highest BCUT2D eigenvalue weighted by Crippen LogP contribution is 2.41. The normalized spacial score (nSPS) is 12.4. The van der Waals surface area contributed by atoms with Gasteiger partial charge in [-0.05, 0) is 61.1 Å². The number of phenolic OH excluding ortho intramolecular Hbond substituents is 1. The van der Waals surface area contributed by atoms with E-state index in [0.29, 0.717) is 24.1 Å². The topological polar surface area (TPSA) is 108 Å². The summed E-state index contributed by atoms with van der Waals surface area (Å²) in [5, 5.41) is 20.8. The van der Waals surface area contributed by atoms with Crippen LogP contribution in [-0.2, 0) is 9.53 Å². The van der Waals surface area contributed by atoms with E-state index in [-0.39, 0.29) is 0 Å². The van der Waals surface area contributed by atoms with Gasteiger partial charge in [0, 0.05) is 22.1 Å². The second-order valence-corrected chi connectivity index (χ2v) is 8.64. The van der Waals surface area contributed by atoms with Crippen molar-refractivity contribution in [2.24, 2.45) is 5.41 Å². The van der Waals surface area contributed by atoms with E-state index in [1.807, 2.05) is 32.2 Å². The first-order valence-electron chi connectivity index (χ1n) is 9.87. The van der Waals surface area contributed by atoms with E-state index in [4.69, 9.17) is 9.94 Å². The van der Waals surface area contributed by atoms with Crippen LogP contribution in [0.2, 0.25) is 0 Å². The molecule has 9 heteroatoms. The number of hydroxylamine groups is 1. The number of aromatic hydroxyl groups is 1. The SMILES string of the molecule is CSc1ccc(NC(=O)O[C@@H](c2ccc(O)c(F)c2)C(C)(C)CC/C=C/C(=O)NO)cc1. The van der Waals surface area contributed by atoms with Crippen LogP contribution in [-0.4, -0.2) is 28.6 Å². The van der Waals surface area contributed by atoms with Gasteiger partial charge in [0.05, 0.1) is 0 Å². The van der Waals surface area contributed by atoms with Gasteiger partial charge in [-0.15, -0.1) is 11.8 Å². The largest absolute Gasteiger partial charge is 0.505 e. The van der Waals surface area contributed by atoms with Crippen LogP contribution in [0.5, 0.6) is 5.75 Å². The van der Waals surface area contributed by atoms with Gasteiger partial charge in [-0.1, -0.05) is 26.0 Å². The van der Waals surface area contributed by atoms with Crippen LogP contribution in [0.15, 0.2) is 59.5 Å². The summed E-state index contributed by atoms with van der Waals surface area (Å²) in [5.74, 6) is -1.97. The number of amides is 2. The molecule has 0 bridgehead atoms. The molecule has 0 fully saturated rings. The number of anilines is 1. The van der Waals surface area contributed by atoms with E-state index >= 15 is 0 Å². The van der Waals surface area contributed by atoms with Crippen molar-refractivity contribution in [2.75, 3.05) is 11.6 Å². The summed E-state index contributed by atoms with van der Waals surface area (Å²) in [7, 11) is 0. The lowest BCUT2D eigenvalue weighted by Gasteiger charge is -2.34. The molecule has 0 aliphatic heterocycles. The third kappa shape index (κ3) is 7.28. The van der Waals surface area contributed by atoms with Gasteiger partial charge in [-0.2, -0.15) is 0 Å². The molecule has 0 unspecified atom stereocenters. The number of carbonyl (C=O) groups excluding carboxylic acids is 2. The Labute approximate surface area is 190 Å². The number of halogens is 1. The number of benzene rings is 2. The van der Waals surface area contributed by atoms with Gasteiger partial charge in [0.25, 0.3) is 5.91 Å². The van der Waals surface area contributed by atoms with E-state index in [1.54, 1.807) is 30.0 Å². The van der Waals surface area contributed by atoms with Crippen LogP contribution in [0.3, 0.4) is 0 Å². The number of hydrogen-bond acceptors (Lipinski definition) is 6. The van der Waals surface area contributed by atoms with Crippen molar-refractivity contribution in [3.05, 3.63) is 66.0 Å². The van der Waals surface area contributed by atoms with E-state index in [9.17, 15) is 19.1 Å². The molecule has 172 valence electrons. The molecule has 2 aromatic carbocycles. The second-order valence-electron chi connectivity index (χ2n) is 7.76. The highest BCUT2D eigenvalue weighted by Gasteiger charge is 2.34. The predicted molar refractivity (Wildman–Crippen MR) is 121 cm³/mol. The first-order valence-corrected chi connectivity index (χ1v) is 11.1. The predicted octanol–water partition coefficient (Wildman–Crippen LogP) is 5.41. The van der Waals surface area contributed by atoms with E-state index < -0.39 is 35.1 Å². The van der Waals surface area contributed by atoms with E-state index in [0.717, 1.165) is 11.0 Å². The fourth-order valence-corrected chi connectivity index (χ4v) is 3.52. The van der Waals surface area contributed by atoms with Crippen molar-refractivity contribution in [1.82, 2.24) is 5.48 Å². The van der Waals surface area contributed by atoms with Crippen LogP contribution in [0.1, 0.15) is 38.4 Å². The minimum Gasteiger partial charge on any atom is -0.505 e. The summed E-state index contributed by atoms with van der Waals surface area (Å²) in [6, 6.07) is 11.1. The average Bonchev–Trinajstić information content (AvgIpc) is 2.77. The molecule has 32 heavy (non-hydrogen) atoms. The van der Waals surface area contributed by atoms with Gasteiger partial charge in [0.2, 0.25) is 0 Å². The maximum Gasteiger partial charge on any atom is 0.412 e. The number of rotatable bonds is 9. The first kappa shape index (κ1) is 25.2. The van der Waals surface area contributed by atoms with Crippen molar-refractivity contribution in [1.29, 1.82) is 0 Å². The average molecular weight is 463 g/mol. The number of ether oxygens (including phenoxy) is 1. The number of nitrogens with one attached hydrogen (secondary N) is 2. The van der Waals surface area contributed by atoms with E-state index in [1.165, 1.54) is 23.7 Å². The third-order valence-electron chi connectivity index (χ3n) is 4.88. The van der Waals surface area contributed by atoms with Crippen LogP contribution in [0.4, 0.5) is 14.9 Å². The smallest absolute Gasteiger partial charge is 0.412 e. The Kier molecular flexibility index (Phi) is 9.10. The molecule has 4 N–H and O–H groups in total. The Balaban J connectivity index is 2.20. The fraction of sp³-hybridized carbons (Fsp3) is 0.304. The molecule has 0 saturated heterocycles. The molecule has 0 aromatic heterocycles. The Morgan fingerprint density at radius 3 is 2.50 bits per heavy atom. The van der Waals surface area contributed by atoms with Crippen molar-refractivity contribution < 1.29 is 29.0 Å². The lowest BCUT2D eigenvalue weighted by molar-refractivity contribution is -0.124. The lowest BCUT2D eigenvalue weighted by Crippen LogP contribution is -2.29. The van der Waals surface area contributed by atoms with Gasteiger partial charge in [0.15, 0.2) is 11.6 Å². The van der Waals surface area contributed by atoms with Crippen LogP contribution in [0.25, 0.3) is 0 Å². The van der Waals surface area contributed by atoms with Gasteiger partial charge >= 0.3 is 6.09 Å². The maximum atomic E-state index is 14.0. The minimum atomic E-state index is -0.844. The summed E-state index contributed by atoms with van der Waals surface area (Å²) in [5.41, 5.74) is 1.79. The van der Waals surface area contributed by atoms with Gasteiger partial charge in [-0.25, -0.2) is 14.7 Å². The molecule has 0 spiro atoms. The molecule has 2 amide bonds. The summed E-state index contributed by atoms with van der Waals surface area (Å²) in [6.07, 6.45) is 4.09. The van der Waals surface area contributed by atoms with Crippen LogP contribution in [0, 0.1) is 11.2 Å². The molecule has 2 rings (SSSR count). The molecule has 0 aliphatic rings. The zero-order chi connectivity index (χ0) is 23.7. The third-order valence-corrected chi connectivity index (χ3v) is 5.62. The van der Waals surface area contributed by atoms with Gasteiger partial charge in [0.1, 0.15) is 6.10 Å². The van der Waals surface area contributed by atoms with Crippen molar-refractivity contribution in [3.63, 3.8) is 0 Å². The standard InChI is InChI=1S/C23H27FN2O5S/c1-23(2,13-5-4-6-20(28)26-30)21(15-7-12-19(27)18(24)14-15)31-22(29)25-16-8-10-17(32-3)11-9-16/h4,6-12,14,21,27,30H,5,13H2,1-3H3,(H,25,29)(H,26,28)/b6-4+/t21-/m0/s1. The highest BCUT2D eigenvalue weighted by atomic mass is 32.2. The number of allylic oxidation sites excluding steroid dienone is 1. The first-order chi connectivity index (χ1) is 15.2. The summed E-state index contributed by atoms with van der Waals surface area (Å²) < 4.78 is 19.7. The zero-order valence-electron chi connectivity index (χ0n) is 18.1. The Bertz CT molecular complexity index is 963.